The minimum Gasteiger partial charge on any atom is -0.444 e. The van der Waals surface area contributed by atoms with Crippen molar-refractivity contribution in [1.29, 1.82) is 0 Å². The Balaban J connectivity index is 1.78. The van der Waals surface area contributed by atoms with Gasteiger partial charge in [-0.15, -0.1) is 0 Å². The van der Waals surface area contributed by atoms with E-state index in [1.54, 1.807) is 24.3 Å². The SMILES string of the molecule is O=C1OC(=O)N(C(=O)OCc2ccccc2)C1c1ccc(F)cc1. The lowest BCUT2D eigenvalue weighted by atomic mass is 10.1. The molecule has 7 heteroatoms. The summed E-state index contributed by atoms with van der Waals surface area (Å²) in [4.78, 5) is 36.5. The highest BCUT2D eigenvalue weighted by molar-refractivity contribution is 6.04. The predicted molar refractivity (Wildman–Crippen MR) is 79.1 cm³/mol. The van der Waals surface area contributed by atoms with Gasteiger partial charge in [0.25, 0.3) is 0 Å². The van der Waals surface area contributed by atoms with Crippen molar-refractivity contribution in [2.24, 2.45) is 0 Å². The Labute approximate surface area is 136 Å². The van der Waals surface area contributed by atoms with Gasteiger partial charge in [-0.25, -0.2) is 18.8 Å². The molecule has 0 bridgehead atoms. The van der Waals surface area contributed by atoms with Crippen LogP contribution in [0, 0.1) is 5.82 Å². The third-order valence-corrected chi connectivity index (χ3v) is 3.45. The number of imide groups is 1. The van der Waals surface area contributed by atoms with E-state index in [9.17, 15) is 18.8 Å². The van der Waals surface area contributed by atoms with Crippen LogP contribution in [0.2, 0.25) is 0 Å². The number of hydrogen-bond acceptors (Lipinski definition) is 5. The molecule has 1 fully saturated rings. The molecule has 1 saturated heterocycles. The zero-order valence-corrected chi connectivity index (χ0v) is 12.3. The predicted octanol–water partition coefficient (Wildman–Crippen LogP) is 3.18. The number of hydrogen-bond donors (Lipinski definition) is 0. The molecule has 0 radical (unpaired) electrons. The number of halogens is 1. The minimum absolute atomic E-state index is 0.0617. The largest absolute Gasteiger partial charge is 0.444 e. The van der Waals surface area contributed by atoms with E-state index in [1.807, 2.05) is 6.07 Å². The van der Waals surface area contributed by atoms with Gasteiger partial charge in [0, 0.05) is 0 Å². The Morgan fingerprint density at radius 1 is 1.08 bits per heavy atom. The maximum absolute atomic E-state index is 13.0. The number of benzene rings is 2. The molecule has 2 aromatic rings. The van der Waals surface area contributed by atoms with Crippen molar-refractivity contribution in [3.8, 4) is 0 Å². The molecule has 1 aliphatic rings. The van der Waals surface area contributed by atoms with Gasteiger partial charge in [0.05, 0.1) is 0 Å². The summed E-state index contributed by atoms with van der Waals surface area (Å²) >= 11 is 0. The first-order valence-corrected chi connectivity index (χ1v) is 7.07. The van der Waals surface area contributed by atoms with E-state index >= 15 is 0 Å². The zero-order valence-electron chi connectivity index (χ0n) is 12.3. The van der Waals surface area contributed by atoms with Crippen LogP contribution in [0.25, 0.3) is 0 Å². The van der Waals surface area contributed by atoms with E-state index in [4.69, 9.17) is 4.74 Å². The fourth-order valence-electron chi connectivity index (χ4n) is 2.30. The zero-order chi connectivity index (χ0) is 17.1. The number of amides is 2. The van der Waals surface area contributed by atoms with E-state index in [0.717, 1.165) is 17.7 Å². The highest BCUT2D eigenvalue weighted by atomic mass is 19.1. The van der Waals surface area contributed by atoms with Gasteiger partial charge in [-0.05, 0) is 23.3 Å². The van der Waals surface area contributed by atoms with Crippen molar-refractivity contribution >= 4 is 18.2 Å². The number of carbonyl (C=O) groups is 3. The summed E-state index contributed by atoms with van der Waals surface area (Å²) in [6.45, 7) is -0.0617. The lowest BCUT2D eigenvalue weighted by Gasteiger charge is -2.18. The lowest BCUT2D eigenvalue weighted by Crippen LogP contribution is -2.35. The molecule has 2 amide bonds. The van der Waals surface area contributed by atoms with Crippen LogP contribution in [-0.4, -0.2) is 23.1 Å². The van der Waals surface area contributed by atoms with Crippen LogP contribution in [0.15, 0.2) is 54.6 Å². The topological polar surface area (TPSA) is 72.9 Å². The summed E-state index contributed by atoms with van der Waals surface area (Å²) in [5, 5.41) is 0. The van der Waals surface area contributed by atoms with Gasteiger partial charge in [-0.1, -0.05) is 42.5 Å². The van der Waals surface area contributed by atoms with Gasteiger partial charge in [-0.3, -0.25) is 0 Å². The molecular formula is C17H12FNO5. The summed E-state index contributed by atoms with van der Waals surface area (Å²) in [6, 6.07) is 12.4. The molecule has 1 aliphatic heterocycles. The molecule has 1 unspecified atom stereocenters. The normalized spacial score (nSPS) is 16.9. The molecule has 0 saturated carbocycles. The second kappa shape index (κ2) is 6.49. The first kappa shape index (κ1) is 15.7. The second-order valence-electron chi connectivity index (χ2n) is 5.05. The van der Waals surface area contributed by atoms with Crippen molar-refractivity contribution in [1.82, 2.24) is 4.90 Å². The van der Waals surface area contributed by atoms with Crippen molar-refractivity contribution in [2.75, 3.05) is 0 Å². The van der Waals surface area contributed by atoms with Gasteiger partial charge in [0.1, 0.15) is 12.4 Å². The number of ether oxygens (including phenoxy) is 2. The van der Waals surface area contributed by atoms with Crippen LogP contribution < -0.4 is 0 Å². The summed E-state index contributed by atoms with van der Waals surface area (Å²) < 4.78 is 22.6. The molecule has 0 N–H and O–H groups in total. The van der Waals surface area contributed by atoms with Crippen LogP contribution in [0.3, 0.4) is 0 Å². The molecule has 0 spiro atoms. The average molecular weight is 329 g/mol. The van der Waals surface area contributed by atoms with Crippen LogP contribution in [0.1, 0.15) is 17.2 Å². The number of carbonyl (C=O) groups excluding carboxylic acids is 3. The summed E-state index contributed by atoms with van der Waals surface area (Å²) in [5.74, 6) is -1.42. The number of rotatable bonds is 3. The fourth-order valence-corrected chi connectivity index (χ4v) is 2.30. The van der Waals surface area contributed by atoms with Gasteiger partial charge >= 0.3 is 18.2 Å². The molecule has 3 rings (SSSR count). The standard InChI is InChI=1S/C17H12FNO5/c18-13-8-6-12(7-9-13)14-15(20)24-17(22)19(14)16(21)23-10-11-4-2-1-3-5-11/h1-9,14H,10H2. The Morgan fingerprint density at radius 3 is 2.42 bits per heavy atom. The third-order valence-electron chi connectivity index (χ3n) is 3.45. The van der Waals surface area contributed by atoms with E-state index in [2.05, 4.69) is 4.74 Å². The summed E-state index contributed by atoms with van der Waals surface area (Å²) in [7, 11) is 0. The quantitative estimate of drug-likeness (QED) is 0.639. The van der Waals surface area contributed by atoms with Gasteiger partial charge in [0.15, 0.2) is 6.04 Å². The Kier molecular flexibility index (Phi) is 4.24. The summed E-state index contributed by atoms with van der Waals surface area (Å²) in [6.07, 6.45) is -2.13. The van der Waals surface area contributed by atoms with Gasteiger partial charge < -0.3 is 9.47 Å². The molecule has 6 nitrogen and oxygen atoms in total. The molecule has 1 atom stereocenters. The van der Waals surface area contributed by atoms with E-state index in [0.29, 0.717) is 4.90 Å². The van der Waals surface area contributed by atoms with E-state index < -0.39 is 30.0 Å². The molecule has 122 valence electrons. The second-order valence-corrected chi connectivity index (χ2v) is 5.05. The molecule has 2 aromatic carbocycles. The highest BCUT2D eigenvalue weighted by Crippen LogP contribution is 2.30. The Bertz CT molecular complexity index is 775. The first-order valence-electron chi connectivity index (χ1n) is 7.07. The average Bonchev–Trinajstić information content (AvgIpc) is 2.88. The summed E-state index contributed by atoms with van der Waals surface area (Å²) in [5.41, 5.74) is 0.979. The molecule has 0 aliphatic carbocycles. The van der Waals surface area contributed by atoms with Crippen molar-refractivity contribution in [2.45, 2.75) is 12.6 Å². The van der Waals surface area contributed by atoms with Crippen LogP contribution in [-0.2, 0) is 20.9 Å². The number of cyclic esters (lactones) is 2. The Hall–Kier alpha value is -3.22. The molecule has 24 heavy (non-hydrogen) atoms. The molecule has 1 heterocycles. The highest BCUT2D eigenvalue weighted by Gasteiger charge is 2.47. The third kappa shape index (κ3) is 3.10. The first-order chi connectivity index (χ1) is 11.6. The van der Waals surface area contributed by atoms with Gasteiger partial charge in [0.2, 0.25) is 0 Å². The van der Waals surface area contributed by atoms with Crippen LogP contribution >= 0.6 is 0 Å². The van der Waals surface area contributed by atoms with Crippen molar-refractivity contribution in [3.63, 3.8) is 0 Å². The minimum atomic E-state index is -1.29. The van der Waals surface area contributed by atoms with E-state index in [1.165, 1.54) is 12.1 Å². The number of esters is 1. The molecular weight excluding hydrogens is 317 g/mol. The lowest BCUT2D eigenvalue weighted by molar-refractivity contribution is -0.136. The smallest absolute Gasteiger partial charge is 0.428 e. The van der Waals surface area contributed by atoms with Crippen LogP contribution in [0.4, 0.5) is 14.0 Å². The van der Waals surface area contributed by atoms with Crippen molar-refractivity contribution < 1.29 is 28.2 Å². The fraction of sp³-hybridized carbons (Fsp3) is 0.118. The van der Waals surface area contributed by atoms with E-state index in [-0.39, 0.29) is 12.2 Å². The van der Waals surface area contributed by atoms with Crippen LogP contribution in [0.5, 0.6) is 0 Å². The Morgan fingerprint density at radius 2 is 1.75 bits per heavy atom. The van der Waals surface area contributed by atoms with Crippen molar-refractivity contribution in [3.05, 3.63) is 71.5 Å². The maximum Gasteiger partial charge on any atom is 0.428 e. The number of nitrogens with zero attached hydrogens (tertiary/aromatic N) is 1. The van der Waals surface area contributed by atoms with Gasteiger partial charge in [-0.2, -0.15) is 4.90 Å². The maximum atomic E-state index is 13.0. The molecule has 0 aromatic heterocycles. The monoisotopic (exact) mass is 329 g/mol.